The average Bonchev–Trinajstić information content (AvgIpc) is 2.72. The van der Waals surface area contributed by atoms with Crippen LogP contribution in [0.25, 0.3) is 0 Å². The van der Waals surface area contributed by atoms with E-state index in [-0.39, 0.29) is 0 Å². The van der Waals surface area contributed by atoms with Crippen molar-refractivity contribution in [3.63, 3.8) is 0 Å². The monoisotopic (exact) mass is 459 g/mol. The summed E-state index contributed by atoms with van der Waals surface area (Å²) in [4.78, 5) is 13.6. The molecule has 1 rings (SSSR count). The first-order chi connectivity index (χ1) is 14.6. The van der Waals surface area contributed by atoms with Gasteiger partial charge in [0.15, 0.2) is 5.16 Å². The van der Waals surface area contributed by atoms with E-state index in [9.17, 15) is 0 Å². The number of unbranched alkanes of at least 4 members (excludes halogenated alkanes) is 5. The first-order valence-corrected chi connectivity index (χ1v) is 14.3. The summed E-state index contributed by atoms with van der Waals surface area (Å²) < 4.78 is 17.7. The van der Waals surface area contributed by atoms with Crippen LogP contribution in [0.15, 0.2) is 5.16 Å². The van der Waals surface area contributed by atoms with Crippen molar-refractivity contribution in [1.82, 2.24) is 15.0 Å². The summed E-state index contributed by atoms with van der Waals surface area (Å²) in [5, 5.41) is 7.33. The number of hydrogen-bond donors (Lipinski definition) is 2. The van der Waals surface area contributed by atoms with Gasteiger partial charge in [0, 0.05) is 26.4 Å². The molecule has 0 aliphatic heterocycles. The maximum Gasteiger partial charge on any atom is 0.521 e. The molecule has 0 bridgehead atoms. The van der Waals surface area contributed by atoms with Gasteiger partial charge < -0.3 is 23.9 Å². The SMILES string of the molecule is CCCCCCCCNc1nc(NC[Si](OCC)(OCC)OCC)nc(SCC)n1. The predicted molar refractivity (Wildman–Crippen MR) is 127 cm³/mol. The lowest BCUT2D eigenvalue weighted by atomic mass is 10.1. The van der Waals surface area contributed by atoms with E-state index in [1.54, 1.807) is 11.8 Å². The Hall–Kier alpha value is -0.943. The number of thioether (sulfide) groups is 1. The second kappa shape index (κ2) is 16.7. The number of nitrogens with zero attached hydrogens (tertiary/aromatic N) is 3. The molecule has 0 spiro atoms. The minimum Gasteiger partial charge on any atom is -0.373 e. The van der Waals surface area contributed by atoms with Crippen molar-refractivity contribution >= 4 is 32.5 Å². The van der Waals surface area contributed by atoms with E-state index in [1.165, 1.54) is 32.1 Å². The van der Waals surface area contributed by atoms with Gasteiger partial charge in [-0.1, -0.05) is 57.7 Å². The summed E-state index contributed by atoms with van der Waals surface area (Å²) in [5.41, 5.74) is 0. The molecular weight excluding hydrogens is 418 g/mol. The van der Waals surface area contributed by atoms with Crippen LogP contribution in [-0.4, -0.2) is 62.0 Å². The first-order valence-electron chi connectivity index (χ1n) is 11.4. The van der Waals surface area contributed by atoms with Crippen LogP contribution in [0.2, 0.25) is 0 Å². The minimum atomic E-state index is -2.82. The quantitative estimate of drug-likeness (QED) is 0.173. The Kier molecular flexibility index (Phi) is 15.1. The van der Waals surface area contributed by atoms with Gasteiger partial charge in [0.05, 0.1) is 6.17 Å². The Morgan fingerprint density at radius 1 is 0.733 bits per heavy atom. The van der Waals surface area contributed by atoms with Crippen LogP contribution >= 0.6 is 11.8 Å². The van der Waals surface area contributed by atoms with Crippen molar-refractivity contribution in [2.75, 3.05) is 48.9 Å². The molecule has 8 nitrogen and oxygen atoms in total. The van der Waals surface area contributed by atoms with Crippen molar-refractivity contribution < 1.29 is 13.3 Å². The molecule has 0 aromatic carbocycles. The fourth-order valence-corrected chi connectivity index (χ4v) is 5.75. The number of rotatable bonds is 19. The van der Waals surface area contributed by atoms with Gasteiger partial charge in [-0.05, 0) is 32.9 Å². The van der Waals surface area contributed by atoms with Gasteiger partial charge >= 0.3 is 8.80 Å². The van der Waals surface area contributed by atoms with E-state index in [0.29, 0.717) is 43.0 Å². The number of hydrogen-bond acceptors (Lipinski definition) is 9. The summed E-state index contributed by atoms with van der Waals surface area (Å²) >= 11 is 1.60. The Balaban J connectivity index is 2.72. The molecule has 30 heavy (non-hydrogen) atoms. The van der Waals surface area contributed by atoms with Crippen LogP contribution in [0.3, 0.4) is 0 Å². The van der Waals surface area contributed by atoms with Gasteiger partial charge in [-0.2, -0.15) is 15.0 Å². The van der Waals surface area contributed by atoms with Crippen LogP contribution in [0.4, 0.5) is 11.9 Å². The van der Waals surface area contributed by atoms with Crippen molar-refractivity contribution in [1.29, 1.82) is 0 Å². The largest absolute Gasteiger partial charge is 0.521 e. The molecule has 0 aliphatic carbocycles. The molecule has 10 heteroatoms. The van der Waals surface area contributed by atoms with Crippen molar-refractivity contribution in [3.05, 3.63) is 0 Å². The molecule has 0 atom stereocenters. The molecule has 0 unspecified atom stereocenters. The van der Waals surface area contributed by atoms with Gasteiger partial charge in [0.25, 0.3) is 0 Å². The summed E-state index contributed by atoms with van der Waals surface area (Å²) in [6, 6.07) is 0. The summed E-state index contributed by atoms with van der Waals surface area (Å²) in [6.45, 7) is 12.6. The molecule has 0 radical (unpaired) electrons. The van der Waals surface area contributed by atoms with Crippen LogP contribution in [0.5, 0.6) is 0 Å². The molecule has 1 aromatic heterocycles. The van der Waals surface area contributed by atoms with Crippen LogP contribution < -0.4 is 10.6 Å². The molecule has 1 aromatic rings. The zero-order valence-corrected chi connectivity index (χ0v) is 21.3. The van der Waals surface area contributed by atoms with E-state index >= 15 is 0 Å². The molecule has 0 saturated carbocycles. The third-order valence-corrected chi connectivity index (χ3v) is 7.78. The lowest BCUT2D eigenvalue weighted by Crippen LogP contribution is -2.52. The Morgan fingerprint density at radius 2 is 1.30 bits per heavy atom. The Labute approximate surface area is 188 Å². The summed E-state index contributed by atoms with van der Waals surface area (Å²) in [5.74, 6) is 2.02. The fourth-order valence-electron chi connectivity index (χ4n) is 2.94. The lowest BCUT2D eigenvalue weighted by molar-refractivity contribution is 0.0740. The third-order valence-electron chi connectivity index (χ3n) is 4.26. The Bertz CT molecular complexity index is 554. The average molecular weight is 460 g/mol. The maximum atomic E-state index is 5.90. The lowest BCUT2D eigenvalue weighted by Gasteiger charge is -2.28. The molecule has 1 heterocycles. The first kappa shape index (κ1) is 27.1. The van der Waals surface area contributed by atoms with E-state index in [2.05, 4.69) is 39.4 Å². The Morgan fingerprint density at radius 3 is 1.87 bits per heavy atom. The smallest absolute Gasteiger partial charge is 0.373 e. The molecule has 0 amide bonds. The number of anilines is 2. The van der Waals surface area contributed by atoms with E-state index in [1.807, 2.05) is 20.8 Å². The molecular formula is C20H41N5O3SSi. The van der Waals surface area contributed by atoms with Crippen LogP contribution in [-0.2, 0) is 13.3 Å². The highest BCUT2D eigenvalue weighted by molar-refractivity contribution is 7.99. The van der Waals surface area contributed by atoms with Crippen LogP contribution in [0.1, 0.15) is 73.1 Å². The minimum absolute atomic E-state index is 0.416. The van der Waals surface area contributed by atoms with E-state index in [4.69, 9.17) is 13.3 Å². The summed E-state index contributed by atoms with van der Waals surface area (Å²) in [7, 11) is -2.82. The second-order valence-electron chi connectivity index (χ2n) is 6.73. The topological polar surface area (TPSA) is 90.4 Å². The van der Waals surface area contributed by atoms with E-state index < -0.39 is 8.80 Å². The van der Waals surface area contributed by atoms with E-state index in [0.717, 1.165) is 18.7 Å². The highest BCUT2D eigenvalue weighted by atomic mass is 32.2. The second-order valence-corrected chi connectivity index (χ2v) is 10.5. The summed E-state index contributed by atoms with van der Waals surface area (Å²) in [6.07, 6.45) is 7.96. The van der Waals surface area contributed by atoms with Crippen molar-refractivity contribution in [3.8, 4) is 0 Å². The highest BCUT2D eigenvalue weighted by Gasteiger charge is 2.40. The number of nitrogens with one attached hydrogen (secondary N) is 2. The van der Waals surface area contributed by atoms with Gasteiger partial charge in [-0.15, -0.1) is 0 Å². The predicted octanol–water partition coefficient (Wildman–Crippen LogP) is 4.76. The zero-order valence-electron chi connectivity index (χ0n) is 19.5. The maximum absolute atomic E-state index is 5.90. The van der Waals surface area contributed by atoms with Crippen molar-refractivity contribution in [2.45, 2.75) is 78.3 Å². The molecule has 174 valence electrons. The fraction of sp³-hybridized carbons (Fsp3) is 0.850. The van der Waals surface area contributed by atoms with Gasteiger partial charge in [-0.25, -0.2) is 0 Å². The molecule has 0 aliphatic rings. The van der Waals surface area contributed by atoms with Gasteiger partial charge in [0.2, 0.25) is 11.9 Å². The zero-order chi connectivity index (χ0) is 22.1. The third kappa shape index (κ3) is 10.9. The van der Waals surface area contributed by atoms with Gasteiger partial charge in [-0.3, -0.25) is 0 Å². The standard InChI is InChI=1S/C20H41N5O3SSi/c1-6-11-12-13-14-15-16-21-18-23-19(25-20(24-18)29-10-5)22-17-30(26-7-2,27-8-3)28-9-4/h6-17H2,1-5H3,(H2,21,22,23,24,25). The van der Waals surface area contributed by atoms with Gasteiger partial charge in [0.1, 0.15) is 0 Å². The highest BCUT2D eigenvalue weighted by Crippen LogP contribution is 2.18. The van der Waals surface area contributed by atoms with Crippen molar-refractivity contribution in [2.24, 2.45) is 0 Å². The number of aromatic nitrogens is 3. The van der Waals surface area contributed by atoms with Crippen LogP contribution in [0, 0.1) is 0 Å². The molecule has 0 fully saturated rings. The molecule has 0 saturated heterocycles. The molecule has 2 N–H and O–H groups in total. The normalized spacial score (nSPS) is 11.6.